The van der Waals surface area contributed by atoms with Crippen LogP contribution in [0, 0.1) is 5.41 Å². The molecule has 19 heavy (non-hydrogen) atoms. The van der Waals surface area contributed by atoms with Gasteiger partial charge in [0.05, 0.1) is 0 Å². The van der Waals surface area contributed by atoms with E-state index in [2.05, 4.69) is 63.9 Å². The van der Waals surface area contributed by atoms with Gasteiger partial charge < -0.3 is 10.6 Å². The lowest BCUT2D eigenvalue weighted by atomic mass is 9.93. The summed E-state index contributed by atoms with van der Waals surface area (Å²) in [7, 11) is 2.17. The second-order valence-electron chi connectivity index (χ2n) is 6.59. The highest BCUT2D eigenvalue weighted by molar-refractivity contribution is 5.24. The van der Waals surface area contributed by atoms with Gasteiger partial charge in [0.1, 0.15) is 0 Å². The zero-order valence-electron chi connectivity index (χ0n) is 13.2. The van der Waals surface area contributed by atoms with E-state index >= 15 is 0 Å². The van der Waals surface area contributed by atoms with Gasteiger partial charge in [0.15, 0.2) is 0 Å². The van der Waals surface area contributed by atoms with Gasteiger partial charge in [-0.05, 0) is 42.5 Å². The fourth-order valence-corrected chi connectivity index (χ4v) is 2.35. The molecule has 0 radical (unpaired) electrons. The SMILES string of the molecule is CCC(C)c1ccc(CN(C)CC(C)(C)CN)cc1. The normalized spacial score (nSPS) is 13.8. The molecule has 0 saturated carbocycles. The molecule has 1 rings (SSSR count). The number of rotatable bonds is 7. The van der Waals surface area contributed by atoms with E-state index in [4.69, 9.17) is 5.73 Å². The number of hydrogen-bond donors (Lipinski definition) is 1. The summed E-state index contributed by atoms with van der Waals surface area (Å²) >= 11 is 0. The van der Waals surface area contributed by atoms with Gasteiger partial charge in [0, 0.05) is 13.1 Å². The molecule has 0 saturated heterocycles. The van der Waals surface area contributed by atoms with Gasteiger partial charge in [-0.1, -0.05) is 52.0 Å². The molecule has 1 aromatic carbocycles. The molecule has 2 heteroatoms. The van der Waals surface area contributed by atoms with E-state index in [0.29, 0.717) is 5.92 Å². The van der Waals surface area contributed by atoms with E-state index in [-0.39, 0.29) is 5.41 Å². The highest BCUT2D eigenvalue weighted by Crippen LogP contribution is 2.20. The minimum Gasteiger partial charge on any atom is -0.330 e. The molecule has 108 valence electrons. The third-order valence-corrected chi connectivity index (χ3v) is 3.86. The Hall–Kier alpha value is -0.860. The number of nitrogens with two attached hydrogens (primary N) is 1. The van der Waals surface area contributed by atoms with Crippen LogP contribution in [0.1, 0.15) is 51.2 Å². The smallest absolute Gasteiger partial charge is 0.0230 e. The molecule has 0 heterocycles. The monoisotopic (exact) mass is 262 g/mol. The van der Waals surface area contributed by atoms with E-state index < -0.39 is 0 Å². The van der Waals surface area contributed by atoms with E-state index in [9.17, 15) is 0 Å². The summed E-state index contributed by atoms with van der Waals surface area (Å²) in [6.45, 7) is 11.7. The average Bonchev–Trinajstić information content (AvgIpc) is 2.38. The minimum atomic E-state index is 0.186. The number of nitrogens with zero attached hydrogens (tertiary/aromatic N) is 1. The second kappa shape index (κ2) is 7.06. The third kappa shape index (κ3) is 5.33. The van der Waals surface area contributed by atoms with Crippen LogP contribution >= 0.6 is 0 Å². The Morgan fingerprint density at radius 2 is 1.79 bits per heavy atom. The molecular weight excluding hydrogens is 232 g/mol. The maximum Gasteiger partial charge on any atom is 0.0230 e. The van der Waals surface area contributed by atoms with Gasteiger partial charge in [0.2, 0.25) is 0 Å². The standard InChI is InChI=1S/C17H30N2/c1-6-14(2)16-9-7-15(8-10-16)11-19(5)13-17(3,4)12-18/h7-10,14H,6,11-13,18H2,1-5H3. The lowest BCUT2D eigenvalue weighted by Crippen LogP contribution is -2.36. The molecule has 0 fully saturated rings. The van der Waals surface area contributed by atoms with Crippen LogP contribution in [0.3, 0.4) is 0 Å². The topological polar surface area (TPSA) is 29.3 Å². The summed E-state index contributed by atoms with van der Waals surface area (Å²) in [5.74, 6) is 0.656. The Bertz CT molecular complexity index is 367. The Labute approximate surface area is 119 Å². The first-order valence-electron chi connectivity index (χ1n) is 7.35. The van der Waals surface area contributed by atoms with E-state index in [1.165, 1.54) is 17.5 Å². The minimum absolute atomic E-state index is 0.186. The second-order valence-corrected chi connectivity index (χ2v) is 6.59. The van der Waals surface area contributed by atoms with Crippen molar-refractivity contribution in [1.29, 1.82) is 0 Å². The molecule has 1 aromatic rings. The molecule has 0 aliphatic heterocycles. The maximum atomic E-state index is 5.79. The van der Waals surface area contributed by atoms with Gasteiger partial charge >= 0.3 is 0 Å². The van der Waals surface area contributed by atoms with Crippen LogP contribution < -0.4 is 5.73 Å². The zero-order chi connectivity index (χ0) is 14.5. The maximum absolute atomic E-state index is 5.79. The van der Waals surface area contributed by atoms with Crippen molar-refractivity contribution in [2.75, 3.05) is 20.1 Å². The van der Waals surface area contributed by atoms with Crippen molar-refractivity contribution >= 4 is 0 Å². The highest BCUT2D eigenvalue weighted by Gasteiger charge is 2.18. The number of hydrogen-bond acceptors (Lipinski definition) is 2. The summed E-state index contributed by atoms with van der Waals surface area (Å²) in [5, 5.41) is 0. The van der Waals surface area contributed by atoms with Crippen molar-refractivity contribution in [3.05, 3.63) is 35.4 Å². The Morgan fingerprint density at radius 1 is 1.21 bits per heavy atom. The molecule has 2 nitrogen and oxygen atoms in total. The molecule has 2 N–H and O–H groups in total. The van der Waals surface area contributed by atoms with Crippen LogP contribution in [0.25, 0.3) is 0 Å². The van der Waals surface area contributed by atoms with Gasteiger partial charge in [0.25, 0.3) is 0 Å². The fraction of sp³-hybridized carbons (Fsp3) is 0.647. The third-order valence-electron chi connectivity index (χ3n) is 3.86. The quantitative estimate of drug-likeness (QED) is 0.813. The first-order chi connectivity index (χ1) is 8.88. The van der Waals surface area contributed by atoms with Crippen LogP contribution in [0.15, 0.2) is 24.3 Å². The predicted molar refractivity (Wildman–Crippen MR) is 84.3 cm³/mol. The van der Waals surface area contributed by atoms with Gasteiger partial charge in [-0.3, -0.25) is 0 Å². The molecular formula is C17H30N2. The largest absolute Gasteiger partial charge is 0.330 e. The predicted octanol–water partition coefficient (Wildman–Crippen LogP) is 3.62. The molecule has 1 atom stereocenters. The van der Waals surface area contributed by atoms with Crippen LogP contribution in [0.5, 0.6) is 0 Å². The van der Waals surface area contributed by atoms with E-state index in [0.717, 1.165) is 19.6 Å². The van der Waals surface area contributed by atoms with Crippen molar-refractivity contribution in [2.45, 2.75) is 46.6 Å². The van der Waals surface area contributed by atoms with E-state index in [1.54, 1.807) is 0 Å². The van der Waals surface area contributed by atoms with Crippen LogP contribution in [0.2, 0.25) is 0 Å². The van der Waals surface area contributed by atoms with E-state index in [1.807, 2.05) is 0 Å². The van der Waals surface area contributed by atoms with Crippen LogP contribution in [-0.2, 0) is 6.54 Å². The molecule has 0 bridgehead atoms. The Morgan fingerprint density at radius 3 is 2.26 bits per heavy atom. The van der Waals surface area contributed by atoms with Crippen molar-refractivity contribution < 1.29 is 0 Å². The Kier molecular flexibility index (Phi) is 6.02. The molecule has 1 unspecified atom stereocenters. The average molecular weight is 262 g/mol. The number of benzene rings is 1. The van der Waals surface area contributed by atoms with Gasteiger partial charge in [-0.25, -0.2) is 0 Å². The van der Waals surface area contributed by atoms with Crippen molar-refractivity contribution in [3.63, 3.8) is 0 Å². The molecule has 0 amide bonds. The summed E-state index contributed by atoms with van der Waals surface area (Å²) < 4.78 is 0. The molecule has 0 aromatic heterocycles. The fourth-order valence-electron chi connectivity index (χ4n) is 2.35. The highest BCUT2D eigenvalue weighted by atomic mass is 15.1. The summed E-state index contributed by atoms with van der Waals surface area (Å²) in [6.07, 6.45) is 1.20. The zero-order valence-corrected chi connectivity index (χ0v) is 13.2. The summed E-state index contributed by atoms with van der Waals surface area (Å²) in [6, 6.07) is 9.05. The lowest BCUT2D eigenvalue weighted by Gasteiger charge is -2.29. The van der Waals surface area contributed by atoms with Gasteiger partial charge in [-0.2, -0.15) is 0 Å². The lowest BCUT2D eigenvalue weighted by molar-refractivity contribution is 0.210. The van der Waals surface area contributed by atoms with Crippen molar-refractivity contribution in [2.24, 2.45) is 11.1 Å². The summed E-state index contributed by atoms with van der Waals surface area (Å²) in [4.78, 5) is 2.35. The first kappa shape index (κ1) is 16.2. The molecule has 0 aliphatic rings. The van der Waals surface area contributed by atoms with Gasteiger partial charge in [-0.15, -0.1) is 0 Å². The Balaban J connectivity index is 2.58. The van der Waals surface area contributed by atoms with Crippen molar-refractivity contribution in [3.8, 4) is 0 Å². The summed E-state index contributed by atoms with van der Waals surface area (Å²) in [5.41, 5.74) is 8.79. The van der Waals surface area contributed by atoms with Crippen LogP contribution in [0.4, 0.5) is 0 Å². The first-order valence-corrected chi connectivity index (χ1v) is 7.35. The molecule has 0 spiro atoms. The van der Waals surface area contributed by atoms with Crippen molar-refractivity contribution in [1.82, 2.24) is 4.90 Å². The van der Waals surface area contributed by atoms with Crippen LogP contribution in [-0.4, -0.2) is 25.0 Å². The molecule has 0 aliphatic carbocycles.